The van der Waals surface area contributed by atoms with E-state index in [4.69, 9.17) is 9.47 Å². The van der Waals surface area contributed by atoms with Crippen molar-refractivity contribution in [2.24, 2.45) is 5.41 Å². The summed E-state index contributed by atoms with van der Waals surface area (Å²) in [6.45, 7) is 2.04. The van der Waals surface area contributed by atoms with Gasteiger partial charge >= 0.3 is 5.97 Å². The number of anilines is 1. The Morgan fingerprint density at radius 1 is 1.30 bits per heavy atom. The number of ether oxygens (including phenoxy) is 2. The summed E-state index contributed by atoms with van der Waals surface area (Å²) < 4.78 is 10.6. The first-order valence-corrected chi connectivity index (χ1v) is 10.0. The topological polar surface area (TPSA) is 71.0 Å². The maximum absolute atomic E-state index is 12.4. The number of benzene rings is 1. The fourth-order valence-electron chi connectivity index (χ4n) is 6.93. The van der Waals surface area contributed by atoms with Gasteiger partial charge in [-0.15, -0.1) is 0 Å². The van der Waals surface area contributed by atoms with Crippen molar-refractivity contribution in [2.45, 2.75) is 55.7 Å². The number of fused-ring (bicyclic) bond motifs is 1. The number of carbonyl (C=O) groups is 1. The van der Waals surface area contributed by atoms with Gasteiger partial charge in [0.25, 0.3) is 0 Å². The molecule has 5 rings (SSSR count). The molecular weight excluding hydrogens is 344 g/mol. The van der Waals surface area contributed by atoms with E-state index in [9.17, 15) is 9.90 Å². The molecule has 4 aliphatic rings. The van der Waals surface area contributed by atoms with Crippen LogP contribution in [0.3, 0.4) is 0 Å². The van der Waals surface area contributed by atoms with Crippen LogP contribution >= 0.6 is 0 Å². The van der Waals surface area contributed by atoms with Crippen LogP contribution in [-0.2, 0) is 14.9 Å². The highest BCUT2D eigenvalue weighted by atomic mass is 16.5. The highest BCUT2D eigenvalue weighted by Crippen LogP contribution is 2.64. The van der Waals surface area contributed by atoms with Crippen molar-refractivity contribution in [2.75, 3.05) is 32.6 Å². The van der Waals surface area contributed by atoms with E-state index in [0.29, 0.717) is 6.04 Å². The molecule has 1 spiro atoms. The second kappa shape index (κ2) is 5.85. The van der Waals surface area contributed by atoms with Crippen LogP contribution in [0.1, 0.15) is 37.7 Å². The Bertz CT molecular complexity index is 783. The first-order chi connectivity index (χ1) is 13.1. The fourth-order valence-corrected chi connectivity index (χ4v) is 6.93. The van der Waals surface area contributed by atoms with Crippen LogP contribution in [0, 0.1) is 5.41 Å². The van der Waals surface area contributed by atoms with E-state index in [1.807, 2.05) is 6.07 Å². The lowest BCUT2D eigenvalue weighted by Gasteiger charge is -2.58. The van der Waals surface area contributed by atoms with Crippen molar-refractivity contribution in [3.05, 3.63) is 23.8 Å². The highest BCUT2D eigenvalue weighted by molar-refractivity contribution is 5.77. The quantitative estimate of drug-likeness (QED) is 0.790. The summed E-state index contributed by atoms with van der Waals surface area (Å²) in [7, 11) is 3.08. The predicted octanol–water partition coefficient (Wildman–Crippen LogP) is 1.91. The average Bonchev–Trinajstić information content (AvgIpc) is 3.27. The number of aliphatic hydroxyl groups excluding tert-OH is 1. The number of aliphatic hydroxyl groups is 1. The number of carbonyl (C=O) groups excluding carboxylic acids is 1. The second-order valence-electron chi connectivity index (χ2n) is 8.61. The molecule has 6 nitrogen and oxygen atoms in total. The van der Waals surface area contributed by atoms with Gasteiger partial charge in [-0.1, -0.05) is 12.1 Å². The summed E-state index contributed by atoms with van der Waals surface area (Å²) in [5.41, 5.74) is 1.87. The lowest BCUT2D eigenvalue weighted by Crippen LogP contribution is -2.67. The van der Waals surface area contributed by atoms with Crippen molar-refractivity contribution in [1.82, 2.24) is 4.90 Å². The number of nitrogens with zero attached hydrogens (tertiary/aromatic N) is 1. The van der Waals surface area contributed by atoms with Crippen LogP contribution in [0.4, 0.5) is 5.69 Å². The minimum atomic E-state index is -1.07. The zero-order chi connectivity index (χ0) is 18.8. The molecule has 146 valence electrons. The Balaban J connectivity index is 1.68. The summed E-state index contributed by atoms with van der Waals surface area (Å²) >= 11 is 0. The van der Waals surface area contributed by atoms with Crippen molar-refractivity contribution in [3.8, 4) is 5.75 Å². The number of piperidine rings is 1. The van der Waals surface area contributed by atoms with Crippen molar-refractivity contribution < 1.29 is 19.4 Å². The van der Waals surface area contributed by atoms with Crippen LogP contribution in [0.5, 0.6) is 5.75 Å². The first kappa shape index (κ1) is 17.3. The Labute approximate surface area is 159 Å². The summed E-state index contributed by atoms with van der Waals surface area (Å²) in [6, 6.07) is 6.74. The molecule has 27 heavy (non-hydrogen) atoms. The molecule has 0 amide bonds. The number of para-hydroxylation sites is 1. The van der Waals surface area contributed by atoms with Gasteiger partial charge in [-0.2, -0.15) is 0 Å². The third kappa shape index (κ3) is 2.00. The summed E-state index contributed by atoms with van der Waals surface area (Å²) in [4.78, 5) is 14.9. The van der Waals surface area contributed by atoms with Gasteiger partial charge in [0.1, 0.15) is 5.75 Å². The summed E-state index contributed by atoms with van der Waals surface area (Å²) in [5.74, 6) is 0.388. The van der Waals surface area contributed by atoms with E-state index in [1.165, 1.54) is 12.7 Å². The zero-order valence-corrected chi connectivity index (χ0v) is 16.0. The number of esters is 1. The number of hydrogen-bond donors (Lipinski definition) is 2. The van der Waals surface area contributed by atoms with Crippen LogP contribution in [0.2, 0.25) is 0 Å². The first-order valence-electron chi connectivity index (χ1n) is 10.0. The smallest absolute Gasteiger partial charge is 0.335 e. The molecule has 0 radical (unpaired) electrons. The fraction of sp³-hybridized carbons (Fsp3) is 0.667. The largest absolute Gasteiger partial charge is 0.495 e. The zero-order valence-electron chi connectivity index (χ0n) is 16.0. The molecule has 2 N–H and O–H groups in total. The number of methoxy groups -OCH3 is 2. The van der Waals surface area contributed by atoms with E-state index in [1.54, 1.807) is 7.11 Å². The minimum Gasteiger partial charge on any atom is -0.495 e. The Kier molecular flexibility index (Phi) is 3.75. The summed E-state index contributed by atoms with van der Waals surface area (Å²) in [6.07, 6.45) is 3.64. The highest BCUT2D eigenvalue weighted by Gasteiger charge is 2.69. The molecule has 0 aromatic heterocycles. The van der Waals surface area contributed by atoms with Gasteiger partial charge in [0.05, 0.1) is 19.9 Å². The van der Waals surface area contributed by atoms with Gasteiger partial charge in [-0.05, 0) is 56.8 Å². The molecule has 2 saturated heterocycles. The van der Waals surface area contributed by atoms with Crippen LogP contribution in [0.25, 0.3) is 0 Å². The van der Waals surface area contributed by atoms with E-state index >= 15 is 0 Å². The molecule has 6 heteroatoms. The van der Waals surface area contributed by atoms with Crippen LogP contribution in [-0.4, -0.2) is 61.5 Å². The van der Waals surface area contributed by atoms with E-state index < -0.39 is 17.5 Å². The molecule has 0 bridgehead atoms. The van der Waals surface area contributed by atoms with E-state index in [2.05, 4.69) is 22.3 Å². The Hall–Kier alpha value is -1.79. The third-order valence-electron chi connectivity index (χ3n) is 7.85. The SMILES string of the molecule is COC(=O)C(O)[C@@]12CCCN3CC[C@]4(c5cccc(OC)c5N[C@@H]4CC1)[C@H]32. The van der Waals surface area contributed by atoms with Crippen molar-refractivity contribution >= 4 is 11.7 Å². The van der Waals surface area contributed by atoms with Gasteiger partial charge in [0, 0.05) is 22.9 Å². The molecule has 1 aromatic rings. The molecule has 5 atom stereocenters. The molecule has 3 fully saturated rings. The molecule has 1 unspecified atom stereocenters. The lowest BCUT2D eigenvalue weighted by atomic mass is 9.51. The van der Waals surface area contributed by atoms with E-state index in [0.717, 1.165) is 56.6 Å². The van der Waals surface area contributed by atoms with Crippen molar-refractivity contribution in [3.63, 3.8) is 0 Å². The predicted molar refractivity (Wildman–Crippen MR) is 101 cm³/mol. The maximum Gasteiger partial charge on any atom is 0.335 e. The van der Waals surface area contributed by atoms with Crippen molar-refractivity contribution in [1.29, 1.82) is 0 Å². The molecular formula is C21H28N2O4. The second-order valence-corrected chi connectivity index (χ2v) is 8.61. The molecule has 1 aromatic carbocycles. The van der Waals surface area contributed by atoms with Crippen LogP contribution in [0.15, 0.2) is 18.2 Å². The molecule has 3 heterocycles. The Morgan fingerprint density at radius 2 is 2.15 bits per heavy atom. The monoisotopic (exact) mass is 372 g/mol. The summed E-state index contributed by atoms with van der Waals surface area (Å²) in [5, 5.41) is 14.9. The van der Waals surface area contributed by atoms with Gasteiger partial charge in [0.2, 0.25) is 0 Å². The van der Waals surface area contributed by atoms with Crippen LogP contribution < -0.4 is 10.1 Å². The van der Waals surface area contributed by atoms with Gasteiger partial charge < -0.3 is 19.9 Å². The molecule has 1 saturated carbocycles. The van der Waals surface area contributed by atoms with E-state index in [-0.39, 0.29) is 11.5 Å². The normalized spacial score (nSPS) is 37.6. The minimum absolute atomic E-state index is 0.0858. The standard InChI is InChI=1S/C21H28N2O4/c1-26-14-6-3-5-13-16(14)22-15-7-9-20(17(24)18(25)27-2)8-4-11-23-12-10-21(13,15)19(20)23/h3,5-6,15,17,19,22,24H,4,7-12H2,1-2H3/t15-,17?,19-,20-,21-/m1/s1. The Morgan fingerprint density at radius 3 is 2.93 bits per heavy atom. The lowest BCUT2D eigenvalue weighted by molar-refractivity contribution is -0.171. The third-order valence-corrected chi connectivity index (χ3v) is 7.85. The maximum atomic E-state index is 12.4. The van der Waals surface area contributed by atoms with Gasteiger partial charge in [0.15, 0.2) is 6.10 Å². The number of rotatable bonds is 3. The number of nitrogens with one attached hydrogen (secondary N) is 1. The number of hydrogen-bond acceptors (Lipinski definition) is 6. The van der Waals surface area contributed by atoms with Gasteiger partial charge in [-0.3, -0.25) is 4.90 Å². The van der Waals surface area contributed by atoms with Gasteiger partial charge in [-0.25, -0.2) is 4.79 Å². The molecule has 3 aliphatic heterocycles. The average molecular weight is 372 g/mol. The molecule has 1 aliphatic carbocycles.